The summed E-state index contributed by atoms with van der Waals surface area (Å²) in [5, 5.41) is 14.4. The molecule has 1 amide bonds. The molecule has 10 nitrogen and oxygen atoms in total. The number of imidazole rings is 1. The number of anilines is 1. The van der Waals surface area contributed by atoms with Crippen LogP contribution in [0.5, 0.6) is 5.75 Å². The fraction of sp³-hybridized carbons (Fsp3) is 0.130. The minimum Gasteiger partial charge on any atom is -0.495 e. The van der Waals surface area contributed by atoms with Crippen molar-refractivity contribution >= 4 is 61.7 Å². The minimum atomic E-state index is -4.30. The quantitative estimate of drug-likeness (QED) is 0.188. The van der Waals surface area contributed by atoms with Crippen LogP contribution in [0.3, 0.4) is 0 Å². The van der Waals surface area contributed by atoms with Gasteiger partial charge < -0.3 is 10.1 Å². The zero-order valence-electron chi connectivity index (χ0n) is 19.0. The van der Waals surface area contributed by atoms with Gasteiger partial charge in [0.15, 0.2) is 5.16 Å². The number of carbonyl (C=O) groups excluding carboxylic acids is 1. The summed E-state index contributed by atoms with van der Waals surface area (Å²) in [5.74, 6) is -0.209. The highest BCUT2D eigenvalue weighted by Crippen LogP contribution is 2.32. The number of nitro groups is 1. The predicted octanol–water partition coefficient (Wildman–Crippen LogP) is 4.88. The van der Waals surface area contributed by atoms with Crippen LogP contribution in [0.4, 0.5) is 11.4 Å². The lowest BCUT2D eigenvalue weighted by Gasteiger charge is -2.13. The number of aryl methyl sites for hydroxylation is 1. The molecule has 0 aliphatic heterocycles. The molecular formula is C23H19ClN4O6S2. The molecule has 1 heterocycles. The highest BCUT2D eigenvalue weighted by Gasteiger charge is 2.28. The normalized spacial score (nSPS) is 11.4. The van der Waals surface area contributed by atoms with E-state index in [-0.39, 0.29) is 27.0 Å². The standard InChI is InChI=1S/C23H19ClN4O6S2/c1-14-7-9-16(28(30)31)12-21(14)36(32,33)27-19-6-4-3-5-17(19)26-23(27)35-13-22(29)25-18-11-15(24)8-10-20(18)34-2/h3-12H,13H2,1-2H3,(H,25,29). The number of carbonyl (C=O) groups is 1. The number of hydrogen-bond donors (Lipinski definition) is 1. The summed E-state index contributed by atoms with van der Waals surface area (Å²) < 4.78 is 33.7. The number of benzene rings is 3. The number of thioether (sulfide) groups is 1. The van der Waals surface area contributed by atoms with Gasteiger partial charge in [-0.25, -0.2) is 17.4 Å². The van der Waals surface area contributed by atoms with Gasteiger partial charge >= 0.3 is 0 Å². The highest BCUT2D eigenvalue weighted by molar-refractivity contribution is 8.00. The van der Waals surface area contributed by atoms with Gasteiger partial charge in [0.25, 0.3) is 15.7 Å². The van der Waals surface area contributed by atoms with E-state index in [0.29, 0.717) is 27.5 Å². The van der Waals surface area contributed by atoms with Gasteiger partial charge in [0.05, 0.1) is 39.4 Å². The monoisotopic (exact) mass is 546 g/mol. The fourth-order valence-electron chi connectivity index (χ4n) is 3.48. The lowest BCUT2D eigenvalue weighted by Crippen LogP contribution is -2.18. The minimum absolute atomic E-state index is 0.0373. The molecule has 0 saturated carbocycles. The molecule has 186 valence electrons. The van der Waals surface area contributed by atoms with Crippen LogP contribution < -0.4 is 10.1 Å². The zero-order chi connectivity index (χ0) is 26.0. The van der Waals surface area contributed by atoms with Gasteiger partial charge in [-0.3, -0.25) is 14.9 Å². The van der Waals surface area contributed by atoms with Crippen molar-refractivity contribution in [3.63, 3.8) is 0 Å². The Bertz CT molecular complexity index is 1600. The summed E-state index contributed by atoms with van der Waals surface area (Å²) in [6.45, 7) is 1.55. The van der Waals surface area contributed by atoms with Gasteiger partial charge in [0, 0.05) is 17.2 Å². The van der Waals surface area contributed by atoms with Crippen LogP contribution in [0.2, 0.25) is 5.02 Å². The van der Waals surface area contributed by atoms with Crippen LogP contribution in [0.15, 0.2) is 70.7 Å². The molecule has 0 spiro atoms. The van der Waals surface area contributed by atoms with Crippen molar-refractivity contribution in [1.29, 1.82) is 0 Å². The Morgan fingerprint density at radius 3 is 2.67 bits per heavy atom. The summed E-state index contributed by atoms with van der Waals surface area (Å²) in [6.07, 6.45) is 0. The molecule has 4 aromatic rings. The number of nitrogens with zero attached hydrogens (tertiary/aromatic N) is 3. The number of para-hydroxylation sites is 2. The number of non-ortho nitro benzene ring substituents is 1. The molecule has 1 N–H and O–H groups in total. The summed E-state index contributed by atoms with van der Waals surface area (Å²) in [7, 11) is -2.85. The van der Waals surface area contributed by atoms with Gasteiger partial charge in [0.1, 0.15) is 5.75 Å². The topological polar surface area (TPSA) is 133 Å². The maximum atomic E-state index is 13.7. The Hall–Kier alpha value is -3.61. The molecule has 0 radical (unpaired) electrons. The van der Waals surface area contributed by atoms with Crippen molar-refractivity contribution in [2.75, 3.05) is 18.2 Å². The molecule has 0 atom stereocenters. The van der Waals surface area contributed by atoms with Crippen molar-refractivity contribution in [2.45, 2.75) is 17.0 Å². The first-order valence-corrected chi connectivity index (χ1v) is 13.2. The second-order valence-corrected chi connectivity index (χ2v) is 10.7. The highest BCUT2D eigenvalue weighted by atomic mass is 35.5. The number of aromatic nitrogens is 2. The number of nitro benzene ring substituents is 1. The van der Waals surface area contributed by atoms with Gasteiger partial charge in [-0.1, -0.05) is 41.6 Å². The zero-order valence-corrected chi connectivity index (χ0v) is 21.4. The molecule has 0 saturated heterocycles. The lowest BCUT2D eigenvalue weighted by molar-refractivity contribution is -0.385. The maximum Gasteiger partial charge on any atom is 0.270 e. The molecule has 1 aromatic heterocycles. The van der Waals surface area contributed by atoms with Gasteiger partial charge in [-0.2, -0.15) is 0 Å². The number of amides is 1. The number of fused-ring (bicyclic) bond motifs is 1. The molecule has 0 aliphatic carbocycles. The molecule has 3 aromatic carbocycles. The lowest BCUT2D eigenvalue weighted by atomic mass is 10.2. The molecule has 0 bridgehead atoms. The predicted molar refractivity (Wildman–Crippen MR) is 138 cm³/mol. The van der Waals surface area contributed by atoms with E-state index in [1.54, 1.807) is 43.3 Å². The number of nitrogens with one attached hydrogen (secondary N) is 1. The van der Waals surface area contributed by atoms with Crippen LogP contribution in [0.25, 0.3) is 11.0 Å². The Balaban J connectivity index is 1.70. The van der Waals surface area contributed by atoms with E-state index >= 15 is 0 Å². The van der Waals surface area contributed by atoms with E-state index in [2.05, 4.69) is 10.3 Å². The second kappa shape index (κ2) is 10.2. The van der Waals surface area contributed by atoms with Gasteiger partial charge in [0.2, 0.25) is 5.91 Å². The van der Waals surface area contributed by atoms with Gasteiger partial charge in [-0.15, -0.1) is 0 Å². The molecule has 0 fully saturated rings. The third-order valence-corrected chi connectivity index (χ3v) is 8.29. The van der Waals surface area contributed by atoms with Crippen LogP contribution >= 0.6 is 23.4 Å². The first-order chi connectivity index (χ1) is 17.1. The van der Waals surface area contributed by atoms with Crippen molar-refractivity contribution in [1.82, 2.24) is 8.96 Å². The Morgan fingerprint density at radius 2 is 1.94 bits per heavy atom. The summed E-state index contributed by atoms with van der Waals surface area (Å²) in [6, 6.07) is 15.0. The van der Waals surface area contributed by atoms with Crippen LogP contribution in [0.1, 0.15) is 5.56 Å². The number of ether oxygens (including phenoxy) is 1. The van der Waals surface area contributed by atoms with Crippen molar-refractivity contribution in [3.05, 3.63) is 81.4 Å². The second-order valence-electron chi connectivity index (χ2n) is 7.54. The molecule has 0 aliphatic rings. The SMILES string of the molecule is COc1ccc(Cl)cc1NC(=O)CSc1nc2ccccc2n1S(=O)(=O)c1cc([N+](=O)[O-])ccc1C. The number of methoxy groups -OCH3 is 1. The third-order valence-electron chi connectivity index (χ3n) is 5.16. The average Bonchev–Trinajstić information content (AvgIpc) is 3.22. The van der Waals surface area contributed by atoms with Crippen LogP contribution in [0, 0.1) is 17.0 Å². The van der Waals surface area contributed by atoms with E-state index in [4.69, 9.17) is 16.3 Å². The summed E-state index contributed by atoms with van der Waals surface area (Å²) in [4.78, 5) is 27.5. The van der Waals surface area contributed by atoms with E-state index in [1.807, 2.05) is 0 Å². The number of halogens is 1. The summed E-state index contributed by atoms with van der Waals surface area (Å²) in [5.41, 5.74) is 1.02. The smallest absolute Gasteiger partial charge is 0.270 e. The number of hydrogen-bond acceptors (Lipinski definition) is 8. The van der Waals surface area contributed by atoms with Crippen LogP contribution in [-0.2, 0) is 14.8 Å². The third kappa shape index (κ3) is 5.01. The number of rotatable bonds is 8. The van der Waals surface area contributed by atoms with E-state index < -0.39 is 20.9 Å². The fourth-order valence-corrected chi connectivity index (χ4v) is 6.41. The Labute approximate surface area is 215 Å². The molecule has 0 unspecified atom stereocenters. The van der Waals surface area contributed by atoms with Crippen LogP contribution in [-0.4, -0.2) is 41.1 Å². The average molecular weight is 547 g/mol. The molecule has 4 rings (SSSR count). The maximum absolute atomic E-state index is 13.7. The Kier molecular flexibility index (Phi) is 7.20. The van der Waals surface area contributed by atoms with Crippen molar-refractivity contribution in [3.8, 4) is 5.75 Å². The first kappa shape index (κ1) is 25.5. The largest absolute Gasteiger partial charge is 0.495 e. The first-order valence-electron chi connectivity index (χ1n) is 10.4. The molecule has 36 heavy (non-hydrogen) atoms. The Morgan fingerprint density at radius 1 is 1.19 bits per heavy atom. The molecular weight excluding hydrogens is 528 g/mol. The van der Waals surface area contributed by atoms with E-state index in [1.165, 1.54) is 25.3 Å². The van der Waals surface area contributed by atoms with Gasteiger partial charge in [-0.05, 0) is 42.8 Å². The van der Waals surface area contributed by atoms with Crippen molar-refractivity contribution in [2.24, 2.45) is 0 Å². The van der Waals surface area contributed by atoms with Crippen molar-refractivity contribution < 1.29 is 22.9 Å². The van der Waals surface area contributed by atoms with E-state index in [9.17, 15) is 23.3 Å². The molecule has 13 heteroatoms. The summed E-state index contributed by atoms with van der Waals surface area (Å²) >= 11 is 6.92. The van der Waals surface area contributed by atoms with E-state index in [0.717, 1.165) is 21.8 Å².